The van der Waals surface area contributed by atoms with E-state index in [4.69, 9.17) is 23.2 Å². The fourth-order valence-corrected chi connectivity index (χ4v) is 3.93. The fourth-order valence-electron chi connectivity index (χ4n) is 3.59. The Morgan fingerprint density at radius 1 is 1.21 bits per heavy atom. The summed E-state index contributed by atoms with van der Waals surface area (Å²) in [6.45, 7) is 0.847. The van der Waals surface area contributed by atoms with Gasteiger partial charge in [-0.25, -0.2) is 9.97 Å². The van der Waals surface area contributed by atoms with Crippen LogP contribution >= 0.6 is 23.2 Å². The molecular weight excluding hydrogens is 399 g/mol. The molecule has 1 saturated carbocycles. The van der Waals surface area contributed by atoms with E-state index in [1.807, 2.05) is 12.1 Å². The molecule has 1 aliphatic rings. The number of carbonyl (C=O) groups is 1. The van der Waals surface area contributed by atoms with Crippen molar-refractivity contribution in [3.63, 3.8) is 0 Å². The number of halogens is 2. The molecule has 3 aromatic heterocycles. The Bertz CT molecular complexity index is 983. The van der Waals surface area contributed by atoms with Gasteiger partial charge in [-0.05, 0) is 49.8 Å². The van der Waals surface area contributed by atoms with Crippen LogP contribution in [0.25, 0.3) is 11.0 Å². The second-order valence-corrected chi connectivity index (χ2v) is 7.83. The highest BCUT2D eigenvalue weighted by Gasteiger charge is 2.24. The van der Waals surface area contributed by atoms with E-state index in [1.54, 1.807) is 12.3 Å². The monoisotopic (exact) mass is 418 g/mol. The number of hydrogen-bond acceptors (Lipinski definition) is 5. The molecule has 146 valence electrons. The van der Waals surface area contributed by atoms with Crippen LogP contribution in [0, 0.1) is 5.92 Å². The average Bonchev–Trinajstić information content (AvgIpc) is 3.12. The molecule has 3 heterocycles. The summed E-state index contributed by atoms with van der Waals surface area (Å²) in [5.41, 5.74) is 1.10. The SMILES string of the molecule is O=C(NC1CCC(CNc2n[nH]c3ncccc23)CC1)c1cc(Cl)cnc1Cl. The molecule has 7 nitrogen and oxygen atoms in total. The summed E-state index contributed by atoms with van der Waals surface area (Å²) in [6, 6.07) is 5.58. The predicted octanol–water partition coefficient (Wildman–Crippen LogP) is 4.06. The first-order valence-electron chi connectivity index (χ1n) is 9.25. The van der Waals surface area contributed by atoms with Crippen molar-refractivity contribution in [3.05, 3.63) is 46.3 Å². The number of H-pyrrole nitrogens is 1. The van der Waals surface area contributed by atoms with Gasteiger partial charge in [0.1, 0.15) is 5.15 Å². The van der Waals surface area contributed by atoms with Crippen LogP contribution in [-0.2, 0) is 0 Å². The first-order valence-corrected chi connectivity index (χ1v) is 10.0. The summed E-state index contributed by atoms with van der Waals surface area (Å²) < 4.78 is 0. The molecule has 3 aromatic rings. The maximum absolute atomic E-state index is 12.4. The lowest BCUT2D eigenvalue weighted by molar-refractivity contribution is 0.0922. The van der Waals surface area contributed by atoms with Gasteiger partial charge in [0.2, 0.25) is 0 Å². The number of nitrogens with one attached hydrogen (secondary N) is 3. The highest BCUT2D eigenvalue weighted by molar-refractivity contribution is 6.34. The van der Waals surface area contributed by atoms with Crippen molar-refractivity contribution in [1.82, 2.24) is 25.5 Å². The highest BCUT2D eigenvalue weighted by Crippen LogP contribution is 2.26. The molecule has 1 fully saturated rings. The van der Waals surface area contributed by atoms with Crippen LogP contribution in [0.2, 0.25) is 10.2 Å². The first kappa shape index (κ1) is 19.0. The van der Waals surface area contributed by atoms with Gasteiger partial charge < -0.3 is 10.6 Å². The van der Waals surface area contributed by atoms with E-state index in [-0.39, 0.29) is 17.1 Å². The van der Waals surface area contributed by atoms with Crippen molar-refractivity contribution in [2.24, 2.45) is 5.92 Å². The van der Waals surface area contributed by atoms with Crippen LogP contribution in [0.5, 0.6) is 0 Å². The Morgan fingerprint density at radius 3 is 2.86 bits per heavy atom. The standard InChI is InChI=1S/C19H20Cl2N6O/c20-12-8-15(16(21)23-10-12)19(28)25-13-5-3-11(4-6-13)9-24-18-14-2-1-7-22-17(14)26-27-18/h1-2,7-8,10-11,13H,3-6,9H2,(H,25,28)(H2,22,24,26,27). The van der Waals surface area contributed by atoms with E-state index in [0.717, 1.165) is 49.1 Å². The van der Waals surface area contributed by atoms with Crippen molar-refractivity contribution in [1.29, 1.82) is 0 Å². The molecule has 3 N–H and O–H groups in total. The number of aromatic nitrogens is 4. The van der Waals surface area contributed by atoms with Crippen molar-refractivity contribution in [3.8, 4) is 0 Å². The molecule has 1 aliphatic carbocycles. The van der Waals surface area contributed by atoms with E-state index in [9.17, 15) is 4.79 Å². The third-order valence-corrected chi connectivity index (χ3v) is 5.63. The molecule has 4 rings (SSSR count). The second kappa shape index (κ2) is 8.32. The van der Waals surface area contributed by atoms with Gasteiger partial charge in [0.15, 0.2) is 11.5 Å². The summed E-state index contributed by atoms with van der Waals surface area (Å²) in [5.74, 6) is 1.15. The minimum Gasteiger partial charge on any atom is -0.368 e. The normalized spacial score (nSPS) is 19.5. The van der Waals surface area contributed by atoms with E-state index in [1.165, 1.54) is 6.20 Å². The number of anilines is 1. The van der Waals surface area contributed by atoms with Crippen LogP contribution in [0.1, 0.15) is 36.0 Å². The van der Waals surface area contributed by atoms with E-state index in [2.05, 4.69) is 30.8 Å². The Kier molecular flexibility index (Phi) is 5.64. The molecular formula is C19H20Cl2N6O. The smallest absolute Gasteiger partial charge is 0.254 e. The highest BCUT2D eigenvalue weighted by atomic mass is 35.5. The molecule has 1 amide bonds. The lowest BCUT2D eigenvalue weighted by Gasteiger charge is -2.29. The molecule has 0 aliphatic heterocycles. The molecule has 0 atom stereocenters. The summed E-state index contributed by atoms with van der Waals surface area (Å²) in [5, 5.41) is 15.3. The number of pyridine rings is 2. The van der Waals surface area contributed by atoms with Gasteiger partial charge >= 0.3 is 0 Å². The summed E-state index contributed by atoms with van der Waals surface area (Å²) in [7, 11) is 0. The van der Waals surface area contributed by atoms with Crippen molar-refractivity contribution in [2.45, 2.75) is 31.7 Å². The number of rotatable bonds is 5. The fraction of sp³-hybridized carbons (Fsp3) is 0.368. The van der Waals surface area contributed by atoms with Crippen molar-refractivity contribution in [2.75, 3.05) is 11.9 Å². The van der Waals surface area contributed by atoms with Crippen LogP contribution in [0.15, 0.2) is 30.6 Å². The molecule has 0 bridgehead atoms. The van der Waals surface area contributed by atoms with Gasteiger partial charge in [-0.3, -0.25) is 9.89 Å². The zero-order valence-corrected chi connectivity index (χ0v) is 16.6. The number of hydrogen-bond donors (Lipinski definition) is 3. The van der Waals surface area contributed by atoms with Crippen LogP contribution in [0.4, 0.5) is 5.82 Å². The van der Waals surface area contributed by atoms with Crippen molar-refractivity contribution >= 4 is 46.0 Å². The molecule has 9 heteroatoms. The van der Waals surface area contributed by atoms with Crippen LogP contribution < -0.4 is 10.6 Å². The molecule has 0 spiro atoms. The van der Waals surface area contributed by atoms with Gasteiger partial charge in [0.25, 0.3) is 5.91 Å². The Labute approximate surface area is 172 Å². The first-order chi connectivity index (χ1) is 13.6. The number of fused-ring (bicyclic) bond motifs is 1. The average molecular weight is 419 g/mol. The minimum atomic E-state index is -0.225. The van der Waals surface area contributed by atoms with Gasteiger partial charge in [0.05, 0.1) is 16.0 Å². The van der Waals surface area contributed by atoms with E-state index in [0.29, 0.717) is 16.5 Å². The minimum absolute atomic E-state index is 0.134. The number of aromatic amines is 1. The Morgan fingerprint density at radius 2 is 2.04 bits per heavy atom. The number of carbonyl (C=O) groups excluding carboxylic acids is 1. The van der Waals surface area contributed by atoms with Crippen molar-refractivity contribution < 1.29 is 4.79 Å². The topological polar surface area (TPSA) is 95.6 Å². The third kappa shape index (κ3) is 4.20. The van der Waals surface area contributed by atoms with Gasteiger partial charge in [0, 0.05) is 25.0 Å². The molecule has 0 radical (unpaired) electrons. The zero-order valence-electron chi connectivity index (χ0n) is 15.1. The van der Waals surface area contributed by atoms with E-state index < -0.39 is 0 Å². The lowest BCUT2D eigenvalue weighted by Crippen LogP contribution is -2.38. The quantitative estimate of drug-likeness (QED) is 0.542. The summed E-state index contributed by atoms with van der Waals surface area (Å²) in [6.07, 6.45) is 7.07. The molecule has 0 saturated heterocycles. The third-order valence-electron chi connectivity index (χ3n) is 5.13. The number of nitrogens with zero attached hydrogens (tertiary/aromatic N) is 3. The van der Waals surface area contributed by atoms with E-state index >= 15 is 0 Å². The zero-order chi connectivity index (χ0) is 19.5. The molecule has 0 aromatic carbocycles. The van der Waals surface area contributed by atoms with Gasteiger partial charge in [-0.1, -0.05) is 23.2 Å². The molecule has 0 unspecified atom stereocenters. The Balaban J connectivity index is 1.27. The van der Waals surface area contributed by atoms with Crippen LogP contribution in [-0.4, -0.2) is 38.7 Å². The Hall–Kier alpha value is -2.38. The number of amides is 1. The summed E-state index contributed by atoms with van der Waals surface area (Å²) >= 11 is 11.9. The largest absolute Gasteiger partial charge is 0.368 e. The maximum atomic E-state index is 12.4. The molecule has 28 heavy (non-hydrogen) atoms. The summed E-state index contributed by atoms with van der Waals surface area (Å²) in [4.78, 5) is 20.6. The van der Waals surface area contributed by atoms with Gasteiger partial charge in [-0.15, -0.1) is 0 Å². The predicted molar refractivity (Wildman–Crippen MR) is 110 cm³/mol. The van der Waals surface area contributed by atoms with Crippen LogP contribution in [0.3, 0.4) is 0 Å². The lowest BCUT2D eigenvalue weighted by atomic mass is 9.86. The van der Waals surface area contributed by atoms with Gasteiger partial charge in [-0.2, -0.15) is 5.10 Å². The maximum Gasteiger partial charge on any atom is 0.254 e. The second-order valence-electron chi connectivity index (χ2n) is 7.04.